The quantitative estimate of drug-likeness (QED) is 0.845. The number of nitrogens with zero attached hydrogens (tertiary/aromatic N) is 6. The van der Waals surface area contributed by atoms with Gasteiger partial charge < -0.3 is 14.5 Å². The van der Waals surface area contributed by atoms with Crippen molar-refractivity contribution in [1.82, 2.24) is 20.4 Å². The molecule has 0 bridgehead atoms. The van der Waals surface area contributed by atoms with Crippen molar-refractivity contribution in [3.8, 4) is 0 Å². The first-order valence-electron chi connectivity index (χ1n) is 7.25. The first-order chi connectivity index (χ1) is 11.4. The predicted octanol–water partition coefficient (Wildman–Crippen LogP) is 1.89. The molecule has 1 aliphatic heterocycles. The zero-order chi connectivity index (χ0) is 17.2. The van der Waals surface area contributed by atoms with Crippen LogP contribution in [0.3, 0.4) is 0 Å². The summed E-state index contributed by atoms with van der Waals surface area (Å²) in [7, 11) is 1.56. The summed E-state index contributed by atoms with van der Waals surface area (Å²) in [5.41, 5.74) is -0.864. The van der Waals surface area contributed by atoms with Crippen molar-refractivity contribution in [2.45, 2.75) is 6.18 Å². The molecule has 0 atom stereocenters. The third-order valence-corrected chi connectivity index (χ3v) is 3.63. The molecule has 0 N–H and O–H groups in total. The van der Waals surface area contributed by atoms with E-state index in [0.717, 1.165) is 19.2 Å². The first kappa shape index (κ1) is 16.4. The third kappa shape index (κ3) is 3.53. The van der Waals surface area contributed by atoms with Crippen LogP contribution in [0, 0.1) is 0 Å². The second-order valence-electron chi connectivity index (χ2n) is 5.21. The summed E-state index contributed by atoms with van der Waals surface area (Å²) in [6.45, 7) is 2.71. The second-order valence-corrected chi connectivity index (χ2v) is 5.21. The number of rotatable bonds is 3. The Morgan fingerprint density at radius 3 is 2.46 bits per heavy atom. The van der Waals surface area contributed by atoms with E-state index >= 15 is 0 Å². The van der Waals surface area contributed by atoms with Gasteiger partial charge in [-0.05, 0) is 18.2 Å². The van der Waals surface area contributed by atoms with Gasteiger partial charge in [0.15, 0.2) is 17.5 Å². The molecule has 7 nitrogen and oxygen atoms in total. The zero-order valence-corrected chi connectivity index (χ0v) is 12.9. The van der Waals surface area contributed by atoms with E-state index in [0.29, 0.717) is 31.0 Å². The van der Waals surface area contributed by atoms with E-state index in [1.54, 1.807) is 19.2 Å². The highest BCUT2D eigenvalue weighted by Crippen LogP contribution is 2.31. The van der Waals surface area contributed by atoms with Crippen molar-refractivity contribution in [2.24, 2.45) is 0 Å². The Morgan fingerprint density at radius 1 is 1.08 bits per heavy atom. The Labute approximate surface area is 136 Å². The van der Waals surface area contributed by atoms with E-state index in [4.69, 9.17) is 4.74 Å². The zero-order valence-electron chi connectivity index (χ0n) is 12.9. The fourth-order valence-corrected chi connectivity index (χ4v) is 2.25. The molecular formula is C14H15F3N6O. The lowest BCUT2D eigenvalue weighted by Gasteiger charge is -2.27. The van der Waals surface area contributed by atoms with Crippen molar-refractivity contribution in [3.63, 3.8) is 0 Å². The van der Waals surface area contributed by atoms with Crippen LogP contribution in [0.4, 0.5) is 30.6 Å². The number of anilines is 3. The van der Waals surface area contributed by atoms with Crippen LogP contribution in [0.15, 0.2) is 24.4 Å². The number of morpholine rings is 1. The number of alkyl halides is 3. The van der Waals surface area contributed by atoms with Crippen LogP contribution in [0.1, 0.15) is 5.56 Å². The Balaban J connectivity index is 1.78. The molecule has 0 spiro atoms. The van der Waals surface area contributed by atoms with E-state index in [-0.39, 0.29) is 5.82 Å². The number of hydrogen-bond donors (Lipinski definition) is 0. The van der Waals surface area contributed by atoms with Gasteiger partial charge in [-0.1, -0.05) is 0 Å². The van der Waals surface area contributed by atoms with Crippen molar-refractivity contribution in [3.05, 3.63) is 30.0 Å². The van der Waals surface area contributed by atoms with E-state index in [9.17, 15) is 13.2 Å². The van der Waals surface area contributed by atoms with Gasteiger partial charge in [0.05, 0.1) is 25.0 Å². The minimum atomic E-state index is -4.47. The minimum Gasteiger partial charge on any atom is -0.378 e. The molecule has 2 aromatic rings. The van der Waals surface area contributed by atoms with Gasteiger partial charge in [0.25, 0.3) is 0 Å². The van der Waals surface area contributed by atoms with Crippen molar-refractivity contribution in [2.75, 3.05) is 43.2 Å². The number of aromatic nitrogens is 4. The first-order valence-corrected chi connectivity index (χ1v) is 7.25. The lowest BCUT2D eigenvalue weighted by Crippen LogP contribution is -2.36. The third-order valence-electron chi connectivity index (χ3n) is 3.63. The molecule has 0 radical (unpaired) electrons. The maximum Gasteiger partial charge on any atom is 0.418 e. The highest BCUT2D eigenvalue weighted by atomic mass is 19.4. The fraction of sp³-hybridized carbons (Fsp3) is 0.429. The summed E-state index contributed by atoms with van der Waals surface area (Å²) in [5, 5.41) is 15.3. The molecule has 0 aromatic carbocycles. The molecule has 2 aromatic heterocycles. The van der Waals surface area contributed by atoms with Crippen molar-refractivity contribution in [1.29, 1.82) is 0 Å². The van der Waals surface area contributed by atoms with Gasteiger partial charge in [0, 0.05) is 20.1 Å². The summed E-state index contributed by atoms with van der Waals surface area (Å²) in [6, 6.07) is 4.37. The Kier molecular flexibility index (Phi) is 4.47. The van der Waals surface area contributed by atoms with Crippen molar-refractivity contribution < 1.29 is 17.9 Å². The summed E-state index contributed by atoms with van der Waals surface area (Å²) in [5.74, 6) is 1.12. The van der Waals surface area contributed by atoms with E-state index in [1.165, 1.54) is 4.90 Å². The van der Waals surface area contributed by atoms with Gasteiger partial charge in [0.2, 0.25) is 0 Å². The van der Waals surface area contributed by atoms with Gasteiger partial charge in [-0.15, -0.1) is 15.3 Å². The molecule has 1 saturated heterocycles. The fourth-order valence-electron chi connectivity index (χ4n) is 2.25. The molecule has 3 rings (SSSR count). The Hall–Kier alpha value is -2.49. The van der Waals surface area contributed by atoms with Gasteiger partial charge in [-0.3, -0.25) is 0 Å². The summed E-state index contributed by atoms with van der Waals surface area (Å²) in [4.78, 5) is 3.43. The van der Waals surface area contributed by atoms with Crippen LogP contribution in [0.5, 0.6) is 0 Å². The van der Waals surface area contributed by atoms with E-state index < -0.39 is 11.7 Å². The average molecular weight is 340 g/mol. The van der Waals surface area contributed by atoms with E-state index in [1.807, 2.05) is 4.90 Å². The number of ether oxygens (including phenoxy) is 1. The molecular weight excluding hydrogens is 325 g/mol. The van der Waals surface area contributed by atoms with Crippen molar-refractivity contribution >= 4 is 17.5 Å². The van der Waals surface area contributed by atoms with Crippen LogP contribution in [-0.4, -0.2) is 53.7 Å². The van der Waals surface area contributed by atoms with Gasteiger partial charge >= 0.3 is 6.18 Å². The lowest BCUT2D eigenvalue weighted by molar-refractivity contribution is -0.137. The maximum absolute atomic E-state index is 12.8. The molecule has 0 saturated carbocycles. The minimum absolute atomic E-state index is 0.0400. The maximum atomic E-state index is 12.8. The molecule has 0 unspecified atom stereocenters. The summed E-state index contributed by atoms with van der Waals surface area (Å²) >= 11 is 0. The number of halogens is 3. The molecule has 128 valence electrons. The predicted molar refractivity (Wildman–Crippen MR) is 80.2 cm³/mol. The standard InChI is InChI=1S/C14H15F3N6O/c1-22(13-8-10(9-18-19-13)14(15,16)17)11-2-3-12(21-20-11)23-4-6-24-7-5-23/h2-3,8-9H,4-7H2,1H3. The summed E-state index contributed by atoms with van der Waals surface area (Å²) in [6.07, 6.45) is -3.79. The monoisotopic (exact) mass is 340 g/mol. The second kappa shape index (κ2) is 6.56. The normalized spacial score (nSPS) is 15.4. The topological polar surface area (TPSA) is 67.3 Å². The molecule has 0 amide bonds. The SMILES string of the molecule is CN(c1cc(C(F)(F)F)cnn1)c1ccc(N2CCOCC2)nn1. The summed E-state index contributed by atoms with van der Waals surface area (Å²) < 4.78 is 43.6. The number of hydrogen-bond acceptors (Lipinski definition) is 7. The van der Waals surface area contributed by atoms with Crippen LogP contribution in [0.25, 0.3) is 0 Å². The average Bonchev–Trinajstić information content (AvgIpc) is 2.61. The molecule has 1 aliphatic rings. The molecule has 24 heavy (non-hydrogen) atoms. The smallest absolute Gasteiger partial charge is 0.378 e. The lowest BCUT2D eigenvalue weighted by atomic mass is 10.3. The molecule has 1 fully saturated rings. The largest absolute Gasteiger partial charge is 0.418 e. The highest BCUT2D eigenvalue weighted by Gasteiger charge is 2.32. The van der Waals surface area contributed by atoms with Gasteiger partial charge in [-0.25, -0.2) is 0 Å². The van der Waals surface area contributed by atoms with Crippen LogP contribution >= 0.6 is 0 Å². The highest BCUT2D eigenvalue weighted by molar-refractivity contribution is 5.56. The van der Waals surface area contributed by atoms with Gasteiger partial charge in [0.1, 0.15) is 0 Å². The molecule has 10 heteroatoms. The van der Waals surface area contributed by atoms with Crippen LogP contribution < -0.4 is 9.80 Å². The molecule has 0 aliphatic carbocycles. The van der Waals surface area contributed by atoms with E-state index in [2.05, 4.69) is 20.4 Å². The van der Waals surface area contributed by atoms with Crippen LogP contribution in [0.2, 0.25) is 0 Å². The molecule has 3 heterocycles. The Morgan fingerprint density at radius 2 is 1.83 bits per heavy atom. The van der Waals surface area contributed by atoms with Gasteiger partial charge in [-0.2, -0.15) is 18.3 Å². The Bertz CT molecular complexity index is 688. The van der Waals surface area contributed by atoms with Crippen LogP contribution in [-0.2, 0) is 10.9 Å².